The summed E-state index contributed by atoms with van der Waals surface area (Å²) in [6, 6.07) is 0. The van der Waals surface area contributed by atoms with Crippen LogP contribution >= 0.6 is 0 Å². The average molecular weight is 302 g/mol. The van der Waals surface area contributed by atoms with E-state index in [2.05, 4.69) is 0 Å². The molecule has 4 atom stereocenters. The topological polar surface area (TPSA) is 74.8 Å². The van der Waals surface area contributed by atoms with Gasteiger partial charge in [0, 0.05) is 14.1 Å². The summed E-state index contributed by atoms with van der Waals surface area (Å²) in [4.78, 5) is 53.2. The summed E-state index contributed by atoms with van der Waals surface area (Å²) in [7, 11) is 2.93. The van der Waals surface area contributed by atoms with Gasteiger partial charge in [-0.15, -0.1) is 0 Å². The van der Waals surface area contributed by atoms with Gasteiger partial charge in [-0.3, -0.25) is 29.0 Å². The lowest BCUT2D eigenvalue weighted by Crippen LogP contribution is -2.51. The predicted molar refractivity (Wildman–Crippen MR) is 75.0 cm³/mol. The standard InChI is InChI=1S/C16H18N2O4/c1-17-13(20)10-9-7-8-5-3-4-6-16(8,11(10)14(17)21)15(22)18(2)12(9)19/h7,9-11H,3-6H2,1-2H3/t9-,10+,11-,16+/m1/s1. The van der Waals surface area contributed by atoms with Gasteiger partial charge in [-0.25, -0.2) is 0 Å². The van der Waals surface area contributed by atoms with E-state index >= 15 is 0 Å². The second kappa shape index (κ2) is 4.06. The average Bonchev–Trinajstić information content (AvgIpc) is 2.69. The van der Waals surface area contributed by atoms with Crippen molar-refractivity contribution >= 4 is 23.6 Å². The van der Waals surface area contributed by atoms with Crippen LogP contribution in [-0.4, -0.2) is 47.5 Å². The number of amides is 4. The molecule has 0 N–H and O–H groups in total. The van der Waals surface area contributed by atoms with Crippen molar-refractivity contribution in [3.8, 4) is 0 Å². The molecule has 2 aliphatic carbocycles. The molecular weight excluding hydrogens is 284 g/mol. The molecule has 22 heavy (non-hydrogen) atoms. The molecular formula is C16H18N2O4. The molecule has 0 aromatic heterocycles. The molecule has 3 aliphatic heterocycles. The third-order valence-corrected chi connectivity index (χ3v) is 6.01. The number of carbonyl (C=O) groups is 4. The molecule has 5 aliphatic rings. The first-order chi connectivity index (χ1) is 10.4. The van der Waals surface area contributed by atoms with Crippen LogP contribution in [0, 0.1) is 23.2 Å². The highest BCUT2D eigenvalue weighted by molar-refractivity contribution is 6.15. The molecule has 0 unspecified atom stereocenters. The summed E-state index contributed by atoms with van der Waals surface area (Å²) in [5, 5.41) is 0. The summed E-state index contributed by atoms with van der Waals surface area (Å²) in [5.41, 5.74) is -0.0678. The smallest absolute Gasteiger partial charge is 0.240 e. The second-order valence-corrected chi connectivity index (χ2v) is 6.84. The number of hydrogen-bond donors (Lipinski definition) is 0. The summed E-state index contributed by atoms with van der Waals surface area (Å²) in [6.07, 6.45) is 4.91. The molecule has 0 radical (unpaired) electrons. The molecule has 6 heteroatoms. The fourth-order valence-corrected chi connectivity index (χ4v) is 4.95. The Morgan fingerprint density at radius 3 is 2.45 bits per heavy atom. The van der Waals surface area contributed by atoms with Crippen molar-refractivity contribution in [1.29, 1.82) is 0 Å². The lowest BCUT2D eigenvalue weighted by atomic mass is 9.55. The molecule has 3 fully saturated rings. The Morgan fingerprint density at radius 2 is 1.73 bits per heavy atom. The van der Waals surface area contributed by atoms with Crippen LogP contribution in [0.25, 0.3) is 0 Å². The normalized spacial score (nSPS) is 40.6. The van der Waals surface area contributed by atoms with Gasteiger partial charge in [-0.05, 0) is 19.3 Å². The van der Waals surface area contributed by atoms with E-state index in [0.717, 1.165) is 34.6 Å². The van der Waals surface area contributed by atoms with E-state index in [1.54, 1.807) is 0 Å². The molecule has 1 saturated carbocycles. The predicted octanol–water partition coefficient (Wildman–Crippen LogP) is 0.333. The van der Waals surface area contributed by atoms with Crippen LogP contribution in [0.15, 0.2) is 11.6 Å². The summed E-state index contributed by atoms with van der Waals surface area (Å²) in [6.45, 7) is 0. The fraction of sp³-hybridized carbons (Fsp3) is 0.625. The Morgan fingerprint density at radius 1 is 1.00 bits per heavy atom. The van der Waals surface area contributed by atoms with Crippen LogP contribution in [0.2, 0.25) is 0 Å². The van der Waals surface area contributed by atoms with Gasteiger partial charge >= 0.3 is 0 Å². The molecule has 5 rings (SSSR count). The maximum atomic E-state index is 13.1. The Hall–Kier alpha value is -1.98. The number of hydrogen-bond acceptors (Lipinski definition) is 4. The van der Waals surface area contributed by atoms with Crippen LogP contribution in [-0.2, 0) is 19.2 Å². The van der Waals surface area contributed by atoms with E-state index in [0.29, 0.717) is 6.42 Å². The molecule has 2 saturated heterocycles. The van der Waals surface area contributed by atoms with Gasteiger partial charge in [-0.1, -0.05) is 18.1 Å². The Kier molecular flexibility index (Phi) is 2.52. The van der Waals surface area contributed by atoms with E-state index in [-0.39, 0.29) is 23.6 Å². The van der Waals surface area contributed by atoms with E-state index in [1.807, 2.05) is 6.08 Å². The van der Waals surface area contributed by atoms with Gasteiger partial charge in [0.15, 0.2) is 0 Å². The largest absolute Gasteiger partial charge is 0.285 e. The van der Waals surface area contributed by atoms with Crippen molar-refractivity contribution in [3.05, 3.63) is 11.6 Å². The van der Waals surface area contributed by atoms with Crippen molar-refractivity contribution < 1.29 is 19.2 Å². The zero-order valence-corrected chi connectivity index (χ0v) is 12.7. The summed E-state index contributed by atoms with van der Waals surface area (Å²) < 4.78 is 0. The highest BCUT2D eigenvalue weighted by Crippen LogP contribution is 2.59. The van der Waals surface area contributed by atoms with Crippen molar-refractivity contribution in [1.82, 2.24) is 9.80 Å². The number of nitrogens with zero attached hydrogens (tertiary/aromatic N) is 2. The van der Waals surface area contributed by atoms with E-state index in [4.69, 9.17) is 0 Å². The monoisotopic (exact) mass is 302 g/mol. The van der Waals surface area contributed by atoms with Crippen LogP contribution in [0.3, 0.4) is 0 Å². The van der Waals surface area contributed by atoms with E-state index in [1.165, 1.54) is 14.1 Å². The first kappa shape index (κ1) is 13.7. The highest BCUT2D eigenvalue weighted by Gasteiger charge is 2.69. The lowest BCUT2D eigenvalue weighted by molar-refractivity contribution is -0.153. The molecule has 0 aromatic rings. The van der Waals surface area contributed by atoms with Crippen molar-refractivity contribution in [2.75, 3.05) is 14.1 Å². The number of imide groups is 2. The van der Waals surface area contributed by atoms with Gasteiger partial charge in [0.2, 0.25) is 23.6 Å². The Labute approximate surface area is 128 Å². The van der Waals surface area contributed by atoms with Gasteiger partial charge in [-0.2, -0.15) is 0 Å². The number of rotatable bonds is 0. The molecule has 4 amide bonds. The second-order valence-electron chi connectivity index (χ2n) is 6.84. The van der Waals surface area contributed by atoms with E-state index < -0.39 is 23.2 Å². The van der Waals surface area contributed by atoms with Gasteiger partial charge in [0.1, 0.15) is 0 Å². The van der Waals surface area contributed by atoms with E-state index in [9.17, 15) is 19.2 Å². The molecule has 0 aromatic carbocycles. The van der Waals surface area contributed by atoms with Gasteiger partial charge in [0.25, 0.3) is 0 Å². The first-order valence-electron chi connectivity index (χ1n) is 7.76. The van der Waals surface area contributed by atoms with Crippen LogP contribution in [0.1, 0.15) is 25.7 Å². The zero-order valence-electron chi connectivity index (χ0n) is 12.7. The van der Waals surface area contributed by atoms with Crippen molar-refractivity contribution in [2.45, 2.75) is 25.7 Å². The van der Waals surface area contributed by atoms with Crippen LogP contribution in [0.4, 0.5) is 0 Å². The number of carbonyl (C=O) groups excluding carboxylic acids is 4. The maximum absolute atomic E-state index is 13.1. The molecule has 6 nitrogen and oxygen atoms in total. The third-order valence-electron chi connectivity index (χ3n) is 6.01. The summed E-state index contributed by atoms with van der Waals surface area (Å²) >= 11 is 0. The highest BCUT2D eigenvalue weighted by atomic mass is 16.2. The minimum absolute atomic E-state index is 0.296. The SMILES string of the molecule is CN1C(=O)[C@H]2[C@H]3C=C4CCCC[C@@]4(C(=O)N(C)C3=O)[C@H]2C1=O. The molecule has 116 valence electrons. The quantitative estimate of drug-likeness (QED) is 0.477. The minimum atomic E-state index is -0.974. The van der Waals surface area contributed by atoms with Crippen LogP contribution in [0.5, 0.6) is 0 Å². The fourth-order valence-electron chi connectivity index (χ4n) is 4.95. The first-order valence-corrected chi connectivity index (χ1v) is 7.76. The van der Waals surface area contributed by atoms with Gasteiger partial charge in [0.05, 0.1) is 23.2 Å². The number of fused-ring (bicyclic) bond motifs is 2. The third kappa shape index (κ3) is 1.27. The number of likely N-dealkylation sites (tertiary alicyclic amines) is 1. The molecule has 3 heterocycles. The summed E-state index contributed by atoms with van der Waals surface area (Å²) in [5.74, 6) is -3.35. The Bertz CT molecular complexity index is 667. The minimum Gasteiger partial charge on any atom is -0.285 e. The van der Waals surface area contributed by atoms with Crippen molar-refractivity contribution in [3.63, 3.8) is 0 Å². The zero-order chi connectivity index (χ0) is 15.8. The lowest BCUT2D eigenvalue weighted by Gasteiger charge is -2.44. The van der Waals surface area contributed by atoms with Crippen molar-refractivity contribution in [2.24, 2.45) is 23.2 Å². The van der Waals surface area contributed by atoms with Gasteiger partial charge < -0.3 is 0 Å². The maximum Gasteiger partial charge on any atom is 0.240 e. The van der Waals surface area contributed by atoms with Crippen LogP contribution < -0.4 is 0 Å². The molecule has 2 bridgehead atoms. The Balaban J connectivity index is 2.02. The molecule has 1 spiro atoms.